The van der Waals surface area contributed by atoms with Gasteiger partial charge in [-0.3, -0.25) is 0 Å². The van der Waals surface area contributed by atoms with Gasteiger partial charge in [0.25, 0.3) is 0 Å². The van der Waals surface area contributed by atoms with Gasteiger partial charge in [0.2, 0.25) is 0 Å². The average Bonchev–Trinajstić information content (AvgIpc) is 2.52. The summed E-state index contributed by atoms with van der Waals surface area (Å²) in [7, 11) is 0.226. The largest absolute Gasteiger partial charge is 0.377 e. The molecule has 3 unspecified atom stereocenters. The molecule has 0 bridgehead atoms. The van der Waals surface area contributed by atoms with E-state index >= 15 is 0 Å². The summed E-state index contributed by atoms with van der Waals surface area (Å²) in [5, 5.41) is 0.312. The maximum absolute atomic E-state index is 6.60. The Kier molecular flexibility index (Phi) is 8.90. The summed E-state index contributed by atoms with van der Waals surface area (Å²) in [6.07, 6.45) is 13.4. The predicted molar refractivity (Wildman–Crippen MR) is 104 cm³/mol. The molecule has 2 heterocycles. The second-order valence-electron chi connectivity index (χ2n) is 7.48. The summed E-state index contributed by atoms with van der Waals surface area (Å²) >= 11 is 0. The molecule has 2 nitrogen and oxygen atoms in total. The van der Waals surface area contributed by atoms with Crippen molar-refractivity contribution in [2.24, 2.45) is 0 Å². The van der Waals surface area contributed by atoms with Crippen LogP contribution in [-0.2, 0) is 9.47 Å². The van der Waals surface area contributed by atoms with Gasteiger partial charge >= 0.3 is 0 Å². The van der Waals surface area contributed by atoms with E-state index in [4.69, 9.17) is 9.47 Å². The third kappa shape index (κ3) is 4.46. The Morgan fingerprint density at radius 1 is 0.955 bits per heavy atom. The SMILES string of the molecule is C.CCCCCC[SiH](C)C1(C2([SiH3])CCCCO2)CCCCO1. The first kappa shape index (κ1) is 20.4. The van der Waals surface area contributed by atoms with E-state index in [1.165, 1.54) is 70.3 Å². The molecule has 2 aliphatic rings. The molecule has 0 N–H and O–H groups in total. The summed E-state index contributed by atoms with van der Waals surface area (Å²) in [4.78, 5) is 0. The van der Waals surface area contributed by atoms with Crippen LogP contribution in [0, 0.1) is 0 Å². The van der Waals surface area contributed by atoms with E-state index in [0.29, 0.717) is 0 Å². The molecule has 2 saturated heterocycles. The van der Waals surface area contributed by atoms with Gasteiger partial charge in [-0.1, -0.05) is 52.6 Å². The lowest BCUT2D eigenvalue weighted by molar-refractivity contribution is -0.161. The molecular formula is C18H40O2Si2. The maximum atomic E-state index is 6.60. The van der Waals surface area contributed by atoms with Crippen molar-refractivity contribution in [3.8, 4) is 0 Å². The van der Waals surface area contributed by atoms with E-state index in [2.05, 4.69) is 13.5 Å². The van der Waals surface area contributed by atoms with Gasteiger partial charge in [-0.05, 0) is 38.5 Å². The number of ether oxygens (including phenoxy) is 2. The Labute approximate surface area is 143 Å². The van der Waals surface area contributed by atoms with Crippen molar-refractivity contribution < 1.29 is 9.47 Å². The summed E-state index contributed by atoms with van der Waals surface area (Å²) in [6, 6.07) is 1.45. The molecule has 0 aromatic carbocycles. The lowest BCUT2D eigenvalue weighted by atomic mass is 9.96. The zero-order valence-corrected chi connectivity index (χ0v) is 17.7. The zero-order chi connectivity index (χ0) is 15.2. The van der Waals surface area contributed by atoms with Crippen LogP contribution in [-0.4, -0.2) is 42.7 Å². The van der Waals surface area contributed by atoms with Crippen molar-refractivity contribution >= 4 is 19.0 Å². The van der Waals surface area contributed by atoms with Crippen LogP contribution in [0.25, 0.3) is 0 Å². The maximum Gasteiger partial charge on any atom is 0.0793 e. The molecule has 0 spiro atoms. The number of hydrogen-bond donors (Lipinski definition) is 0. The normalized spacial score (nSPS) is 34.1. The third-order valence-corrected chi connectivity index (χ3v) is 12.1. The molecule has 4 heteroatoms. The monoisotopic (exact) mass is 344 g/mol. The van der Waals surface area contributed by atoms with Crippen molar-refractivity contribution in [3.63, 3.8) is 0 Å². The Morgan fingerprint density at radius 3 is 2.18 bits per heavy atom. The van der Waals surface area contributed by atoms with Crippen molar-refractivity contribution in [2.45, 2.75) is 102 Å². The van der Waals surface area contributed by atoms with E-state index in [0.717, 1.165) is 23.5 Å². The highest BCUT2D eigenvalue weighted by Gasteiger charge is 2.54. The minimum absolute atomic E-state index is 0. The molecule has 0 aromatic rings. The fourth-order valence-corrected chi connectivity index (χ4v) is 10.7. The van der Waals surface area contributed by atoms with Gasteiger partial charge in [-0.15, -0.1) is 0 Å². The van der Waals surface area contributed by atoms with Crippen molar-refractivity contribution in [2.75, 3.05) is 13.2 Å². The van der Waals surface area contributed by atoms with Crippen LogP contribution in [0.5, 0.6) is 0 Å². The molecular weight excluding hydrogens is 304 g/mol. The van der Waals surface area contributed by atoms with Crippen LogP contribution in [0.3, 0.4) is 0 Å². The molecule has 2 fully saturated rings. The van der Waals surface area contributed by atoms with Crippen molar-refractivity contribution in [1.82, 2.24) is 0 Å². The summed E-state index contributed by atoms with van der Waals surface area (Å²) in [6.45, 7) is 6.84. The van der Waals surface area contributed by atoms with Gasteiger partial charge in [0.05, 0.1) is 19.2 Å². The summed E-state index contributed by atoms with van der Waals surface area (Å²) in [5.74, 6) is 0. The Morgan fingerprint density at radius 2 is 1.64 bits per heavy atom. The van der Waals surface area contributed by atoms with E-state index in [-0.39, 0.29) is 17.9 Å². The average molecular weight is 345 g/mol. The molecule has 0 aromatic heterocycles. The minimum atomic E-state index is -0.915. The standard InChI is InChI=1S/C17H36O2Si2.CH4/c1-3-4-5-10-15-21(2)17(12-7-9-14-19-17)16(20)11-6-8-13-18-16;/h21H,3-15H2,1-2,20H3;1H4. The van der Waals surface area contributed by atoms with Crippen molar-refractivity contribution in [1.29, 1.82) is 0 Å². The van der Waals surface area contributed by atoms with E-state index in [1.54, 1.807) is 0 Å². The lowest BCUT2D eigenvalue weighted by Gasteiger charge is -2.55. The van der Waals surface area contributed by atoms with Gasteiger partial charge in [0, 0.05) is 23.5 Å². The highest BCUT2D eigenvalue weighted by Crippen LogP contribution is 2.43. The van der Waals surface area contributed by atoms with Crippen LogP contribution in [0.1, 0.15) is 78.6 Å². The van der Waals surface area contributed by atoms with Gasteiger partial charge in [-0.25, -0.2) is 0 Å². The van der Waals surface area contributed by atoms with Gasteiger partial charge in [0.15, 0.2) is 0 Å². The zero-order valence-electron chi connectivity index (χ0n) is 14.6. The molecule has 0 amide bonds. The lowest BCUT2D eigenvalue weighted by Crippen LogP contribution is -2.67. The topological polar surface area (TPSA) is 18.5 Å². The fourth-order valence-electron chi connectivity index (χ4n) is 4.52. The van der Waals surface area contributed by atoms with E-state index < -0.39 is 8.80 Å². The highest BCUT2D eigenvalue weighted by molar-refractivity contribution is 6.62. The first-order chi connectivity index (χ1) is 10.1. The molecule has 3 atom stereocenters. The second kappa shape index (κ2) is 9.60. The number of unbranched alkanes of at least 4 members (excludes halogenated alkanes) is 3. The third-order valence-electron chi connectivity index (χ3n) is 5.95. The minimum Gasteiger partial charge on any atom is -0.377 e. The van der Waals surface area contributed by atoms with Crippen LogP contribution in [0.15, 0.2) is 0 Å². The predicted octanol–water partition coefficient (Wildman–Crippen LogP) is 3.80. The molecule has 2 rings (SSSR count). The van der Waals surface area contributed by atoms with Crippen LogP contribution >= 0.6 is 0 Å². The molecule has 0 saturated carbocycles. The van der Waals surface area contributed by atoms with Crippen LogP contribution in [0.2, 0.25) is 12.6 Å². The Hall–Kier alpha value is 0.354. The molecule has 2 aliphatic heterocycles. The summed E-state index contributed by atoms with van der Waals surface area (Å²) in [5.41, 5.74) is 0. The first-order valence-corrected chi connectivity index (χ1v) is 13.0. The second-order valence-corrected chi connectivity index (χ2v) is 12.4. The van der Waals surface area contributed by atoms with Gasteiger partial charge in [0.1, 0.15) is 0 Å². The summed E-state index contributed by atoms with van der Waals surface area (Å²) < 4.78 is 13.0. The van der Waals surface area contributed by atoms with E-state index in [9.17, 15) is 0 Å². The molecule has 0 aliphatic carbocycles. The van der Waals surface area contributed by atoms with Gasteiger partial charge in [-0.2, -0.15) is 0 Å². The molecule has 132 valence electrons. The van der Waals surface area contributed by atoms with Crippen LogP contribution < -0.4 is 0 Å². The molecule has 0 radical (unpaired) electrons. The molecule has 22 heavy (non-hydrogen) atoms. The number of rotatable bonds is 7. The Bertz CT molecular complexity index is 297. The van der Waals surface area contributed by atoms with Gasteiger partial charge < -0.3 is 9.47 Å². The van der Waals surface area contributed by atoms with E-state index in [1.807, 2.05) is 0 Å². The Balaban J connectivity index is 0.00000242. The van der Waals surface area contributed by atoms with Crippen LogP contribution in [0.4, 0.5) is 0 Å². The first-order valence-electron chi connectivity index (χ1n) is 9.42. The quantitative estimate of drug-likeness (QED) is 0.516. The van der Waals surface area contributed by atoms with Crippen molar-refractivity contribution in [3.05, 3.63) is 0 Å². The highest BCUT2D eigenvalue weighted by atomic mass is 28.3. The smallest absolute Gasteiger partial charge is 0.0793 e. The fraction of sp³-hybridized carbons (Fsp3) is 1.00. The number of hydrogen-bond acceptors (Lipinski definition) is 2.